The summed E-state index contributed by atoms with van der Waals surface area (Å²) in [5.74, 6) is -8.66. The fourth-order valence-corrected chi connectivity index (χ4v) is 1.25. The Kier molecular flexibility index (Phi) is 3.52. The predicted octanol–water partition coefficient (Wildman–Crippen LogP) is 2.74. The molecule has 2 nitrogen and oxygen atoms in total. The highest BCUT2D eigenvalue weighted by Crippen LogP contribution is 2.40. The summed E-state index contributed by atoms with van der Waals surface area (Å²) in [6, 6.07) is -1.20. The number of alkyl halides is 8. The third-order valence-electron chi connectivity index (χ3n) is 2.22. The molecule has 0 radical (unpaired) electrons. The maximum Gasteiger partial charge on any atom is 0.463 e. The van der Waals surface area contributed by atoms with Crippen molar-refractivity contribution in [3.8, 4) is 0 Å². The Labute approximate surface area is 95.5 Å². The van der Waals surface area contributed by atoms with Gasteiger partial charge >= 0.3 is 24.2 Å². The SMILES string of the molecule is O=C(N(CC(F)(F)F)C1CC1)C(F)(F)C(F)(F)F. The van der Waals surface area contributed by atoms with Crippen LogP contribution in [0.1, 0.15) is 12.8 Å². The summed E-state index contributed by atoms with van der Waals surface area (Å²) in [6.07, 6.45) is -11.3. The van der Waals surface area contributed by atoms with Gasteiger partial charge in [0.05, 0.1) is 0 Å². The van der Waals surface area contributed by atoms with Crippen LogP contribution < -0.4 is 0 Å². The van der Waals surface area contributed by atoms with Gasteiger partial charge in [0.15, 0.2) is 0 Å². The van der Waals surface area contributed by atoms with Gasteiger partial charge in [0.1, 0.15) is 6.54 Å². The lowest BCUT2D eigenvalue weighted by Crippen LogP contribution is -2.54. The van der Waals surface area contributed by atoms with E-state index in [1.54, 1.807) is 0 Å². The number of halogens is 8. The molecule has 0 aliphatic heterocycles. The Bertz CT molecular complexity index is 329. The van der Waals surface area contributed by atoms with Crippen molar-refractivity contribution < 1.29 is 39.9 Å². The van der Waals surface area contributed by atoms with Crippen LogP contribution >= 0.6 is 0 Å². The average Bonchev–Trinajstić information content (AvgIpc) is 2.92. The van der Waals surface area contributed by atoms with Crippen molar-refractivity contribution in [2.24, 2.45) is 0 Å². The summed E-state index contributed by atoms with van der Waals surface area (Å²) < 4.78 is 97.0. The molecule has 0 bridgehead atoms. The van der Waals surface area contributed by atoms with Gasteiger partial charge in [-0.15, -0.1) is 0 Å². The molecule has 10 heteroatoms. The standard InChI is InChI=1S/C8H7F8NO/c9-6(10,11)3-17(4-1-2-4)5(18)7(12,13)8(14,15)16/h4H,1-3H2. The molecule has 0 spiro atoms. The molecule has 0 unspecified atom stereocenters. The van der Waals surface area contributed by atoms with E-state index in [0.29, 0.717) is 0 Å². The number of carbonyl (C=O) groups excluding carboxylic acids is 1. The number of hydrogen-bond donors (Lipinski definition) is 0. The second-order valence-electron chi connectivity index (χ2n) is 3.85. The Morgan fingerprint density at radius 1 is 1.00 bits per heavy atom. The van der Waals surface area contributed by atoms with Crippen LogP contribution in [0.2, 0.25) is 0 Å². The van der Waals surface area contributed by atoms with Gasteiger partial charge in [0.2, 0.25) is 0 Å². The average molecular weight is 285 g/mol. The van der Waals surface area contributed by atoms with Gasteiger partial charge in [0, 0.05) is 6.04 Å². The van der Waals surface area contributed by atoms with E-state index in [0.717, 1.165) is 0 Å². The lowest BCUT2D eigenvalue weighted by atomic mass is 10.2. The molecule has 1 aliphatic rings. The summed E-state index contributed by atoms with van der Waals surface area (Å²) in [5, 5.41) is 0. The zero-order valence-corrected chi connectivity index (χ0v) is 8.58. The number of rotatable bonds is 3. The van der Waals surface area contributed by atoms with Crippen LogP contribution in [0.3, 0.4) is 0 Å². The first-order valence-corrected chi connectivity index (χ1v) is 4.68. The van der Waals surface area contributed by atoms with Crippen LogP contribution in [0.25, 0.3) is 0 Å². The molecule has 0 saturated heterocycles. The van der Waals surface area contributed by atoms with E-state index in [2.05, 4.69) is 0 Å². The first-order chi connectivity index (χ1) is 7.86. The molecular formula is C8H7F8NO. The second kappa shape index (κ2) is 4.23. The quantitative estimate of drug-likeness (QED) is 0.730. The smallest absolute Gasteiger partial charge is 0.325 e. The van der Waals surface area contributed by atoms with Crippen molar-refractivity contribution in [2.75, 3.05) is 6.54 Å². The topological polar surface area (TPSA) is 20.3 Å². The molecule has 0 aromatic carbocycles. The number of nitrogens with zero attached hydrogens (tertiary/aromatic N) is 1. The second-order valence-corrected chi connectivity index (χ2v) is 3.85. The number of carbonyl (C=O) groups is 1. The molecule has 1 amide bonds. The van der Waals surface area contributed by atoms with Gasteiger partial charge in [-0.25, -0.2) is 0 Å². The normalized spacial score (nSPS) is 17.8. The fraction of sp³-hybridized carbons (Fsp3) is 0.875. The molecular weight excluding hydrogens is 278 g/mol. The number of amides is 1. The molecule has 0 atom stereocenters. The zero-order chi connectivity index (χ0) is 14.4. The summed E-state index contributed by atoms with van der Waals surface area (Å²) in [7, 11) is 0. The Hall–Kier alpha value is -1.09. The molecule has 0 aromatic heterocycles. The predicted molar refractivity (Wildman–Crippen MR) is 41.8 cm³/mol. The maximum absolute atomic E-state index is 12.7. The lowest BCUT2D eigenvalue weighted by Gasteiger charge is -2.28. The molecule has 1 aliphatic carbocycles. The van der Waals surface area contributed by atoms with Gasteiger partial charge in [0.25, 0.3) is 0 Å². The first kappa shape index (κ1) is 15.0. The minimum absolute atomic E-state index is 0.0181. The molecule has 18 heavy (non-hydrogen) atoms. The lowest BCUT2D eigenvalue weighted by molar-refractivity contribution is -0.276. The van der Waals surface area contributed by atoms with Crippen molar-refractivity contribution in [2.45, 2.75) is 37.2 Å². The van der Waals surface area contributed by atoms with Crippen molar-refractivity contribution >= 4 is 5.91 Å². The van der Waals surface area contributed by atoms with Gasteiger partial charge in [-0.1, -0.05) is 0 Å². The maximum atomic E-state index is 12.7. The Morgan fingerprint density at radius 3 is 1.72 bits per heavy atom. The summed E-state index contributed by atoms with van der Waals surface area (Å²) in [4.78, 5) is 10.5. The molecule has 0 heterocycles. The van der Waals surface area contributed by atoms with Crippen LogP contribution in [0.15, 0.2) is 0 Å². The molecule has 0 aromatic rings. The van der Waals surface area contributed by atoms with Gasteiger partial charge in [-0.3, -0.25) is 4.79 Å². The summed E-state index contributed by atoms with van der Waals surface area (Å²) in [5.41, 5.74) is 0. The minimum Gasteiger partial charge on any atom is -0.325 e. The third kappa shape index (κ3) is 3.22. The van der Waals surface area contributed by atoms with E-state index in [9.17, 15) is 39.9 Å². The largest absolute Gasteiger partial charge is 0.463 e. The molecule has 1 rings (SSSR count). The Balaban J connectivity index is 2.90. The van der Waals surface area contributed by atoms with E-state index in [4.69, 9.17) is 0 Å². The molecule has 1 saturated carbocycles. The van der Waals surface area contributed by atoms with E-state index in [1.807, 2.05) is 0 Å². The highest BCUT2D eigenvalue weighted by molar-refractivity contribution is 5.85. The Morgan fingerprint density at radius 2 is 1.44 bits per heavy atom. The van der Waals surface area contributed by atoms with E-state index in [1.165, 1.54) is 0 Å². The first-order valence-electron chi connectivity index (χ1n) is 4.68. The van der Waals surface area contributed by atoms with Crippen LogP contribution in [0.5, 0.6) is 0 Å². The molecule has 0 N–H and O–H groups in total. The van der Waals surface area contributed by atoms with E-state index in [-0.39, 0.29) is 12.8 Å². The van der Waals surface area contributed by atoms with Crippen LogP contribution in [-0.4, -0.2) is 41.7 Å². The van der Waals surface area contributed by atoms with Crippen LogP contribution in [0, 0.1) is 0 Å². The van der Waals surface area contributed by atoms with Gasteiger partial charge in [-0.2, -0.15) is 35.1 Å². The highest BCUT2D eigenvalue weighted by atomic mass is 19.4. The van der Waals surface area contributed by atoms with Crippen LogP contribution in [-0.2, 0) is 4.79 Å². The highest BCUT2D eigenvalue weighted by Gasteiger charge is 2.66. The summed E-state index contributed by atoms with van der Waals surface area (Å²) >= 11 is 0. The van der Waals surface area contributed by atoms with Crippen molar-refractivity contribution in [3.05, 3.63) is 0 Å². The number of hydrogen-bond acceptors (Lipinski definition) is 1. The molecule has 106 valence electrons. The van der Waals surface area contributed by atoms with E-state index >= 15 is 0 Å². The van der Waals surface area contributed by atoms with Crippen molar-refractivity contribution in [3.63, 3.8) is 0 Å². The minimum atomic E-state index is -6.21. The molecule has 1 fully saturated rings. The van der Waals surface area contributed by atoms with E-state index < -0.39 is 41.7 Å². The summed E-state index contributed by atoms with van der Waals surface area (Å²) in [6.45, 7) is -2.11. The van der Waals surface area contributed by atoms with Crippen molar-refractivity contribution in [1.29, 1.82) is 0 Å². The zero-order valence-electron chi connectivity index (χ0n) is 8.58. The van der Waals surface area contributed by atoms with Crippen molar-refractivity contribution in [1.82, 2.24) is 4.90 Å². The monoisotopic (exact) mass is 285 g/mol. The van der Waals surface area contributed by atoms with Gasteiger partial charge < -0.3 is 4.90 Å². The third-order valence-corrected chi connectivity index (χ3v) is 2.22. The van der Waals surface area contributed by atoms with Gasteiger partial charge in [-0.05, 0) is 12.8 Å². The van der Waals surface area contributed by atoms with Crippen LogP contribution in [0.4, 0.5) is 35.1 Å². The fourth-order valence-electron chi connectivity index (χ4n) is 1.25.